The Kier molecular flexibility index (Phi) is 11.7. The van der Waals surface area contributed by atoms with Crippen LogP contribution in [0, 0.1) is 0 Å². The van der Waals surface area contributed by atoms with E-state index < -0.39 is 10.0 Å². The monoisotopic (exact) mass is 398 g/mol. The number of nitrogens with zero attached hydrogens (tertiary/aromatic N) is 1. The molecule has 0 spiro atoms. The fourth-order valence-electron chi connectivity index (χ4n) is 2.41. The molecule has 0 aliphatic heterocycles. The van der Waals surface area contributed by atoms with Crippen molar-refractivity contribution < 1.29 is 13.2 Å². The molecule has 0 heterocycles. The summed E-state index contributed by atoms with van der Waals surface area (Å²) >= 11 is 0. The van der Waals surface area contributed by atoms with Crippen molar-refractivity contribution in [1.29, 1.82) is 0 Å². The molecule has 154 valence electrons. The van der Waals surface area contributed by atoms with E-state index in [0.717, 1.165) is 31.0 Å². The lowest BCUT2D eigenvalue weighted by Crippen LogP contribution is -2.37. The molecule has 0 saturated heterocycles. The summed E-state index contributed by atoms with van der Waals surface area (Å²) in [6.07, 6.45) is 4.82. The molecule has 1 rings (SSSR count). The van der Waals surface area contributed by atoms with Gasteiger partial charge in [0.15, 0.2) is 5.96 Å². The van der Waals surface area contributed by atoms with Crippen LogP contribution in [0.1, 0.15) is 45.1 Å². The number of methoxy groups -OCH3 is 1. The maximum absolute atomic E-state index is 12.1. The van der Waals surface area contributed by atoms with E-state index in [-0.39, 0.29) is 11.4 Å². The molecule has 0 aliphatic carbocycles. The second kappa shape index (κ2) is 13.5. The number of unbranched alkanes of at least 4 members (excludes halogenated alkanes) is 3. The smallest absolute Gasteiger partial charge is 0.240 e. The Hall–Kier alpha value is -1.64. The van der Waals surface area contributed by atoms with Gasteiger partial charge in [0.05, 0.1) is 18.0 Å². The van der Waals surface area contributed by atoms with Gasteiger partial charge in [0.1, 0.15) is 0 Å². The Bertz CT molecular complexity index is 645. The van der Waals surface area contributed by atoms with Crippen molar-refractivity contribution in [2.24, 2.45) is 4.99 Å². The van der Waals surface area contributed by atoms with Crippen LogP contribution >= 0.6 is 0 Å². The number of aliphatic imine (C=N–C) groups is 1. The Labute approximate surface area is 164 Å². The Balaban J connectivity index is 2.59. The number of nitrogens with one attached hydrogen (secondary N) is 3. The number of guanidine groups is 1. The molecular weight excluding hydrogens is 364 g/mol. The van der Waals surface area contributed by atoms with Crippen LogP contribution in [0.4, 0.5) is 0 Å². The molecule has 1 aromatic carbocycles. The number of hydrogen-bond donors (Lipinski definition) is 3. The molecule has 7 nitrogen and oxygen atoms in total. The van der Waals surface area contributed by atoms with E-state index in [1.54, 1.807) is 24.3 Å². The van der Waals surface area contributed by atoms with Crippen LogP contribution in [0.25, 0.3) is 0 Å². The van der Waals surface area contributed by atoms with Crippen molar-refractivity contribution in [3.63, 3.8) is 0 Å². The predicted molar refractivity (Wildman–Crippen MR) is 110 cm³/mol. The first-order chi connectivity index (χ1) is 13.0. The summed E-state index contributed by atoms with van der Waals surface area (Å²) in [5.74, 6) is 0.784. The molecule has 0 atom stereocenters. The van der Waals surface area contributed by atoms with Crippen LogP contribution in [0.5, 0.6) is 0 Å². The van der Waals surface area contributed by atoms with E-state index in [2.05, 4.69) is 27.3 Å². The van der Waals surface area contributed by atoms with Gasteiger partial charge in [-0.2, -0.15) is 0 Å². The molecule has 8 heteroatoms. The number of ether oxygens (including phenoxy) is 1. The van der Waals surface area contributed by atoms with Gasteiger partial charge in [0.25, 0.3) is 0 Å². The van der Waals surface area contributed by atoms with E-state index in [1.165, 1.54) is 26.4 Å². The average Bonchev–Trinajstić information content (AvgIpc) is 2.66. The Morgan fingerprint density at radius 2 is 1.78 bits per heavy atom. The van der Waals surface area contributed by atoms with Crippen LogP contribution in [0.15, 0.2) is 34.2 Å². The summed E-state index contributed by atoms with van der Waals surface area (Å²) < 4.78 is 31.7. The summed E-state index contributed by atoms with van der Waals surface area (Å²) in [6, 6.07) is 6.79. The lowest BCUT2D eigenvalue weighted by molar-refractivity contribution is 0.204. The van der Waals surface area contributed by atoms with Crippen molar-refractivity contribution >= 4 is 16.0 Å². The highest BCUT2D eigenvalue weighted by molar-refractivity contribution is 7.89. The van der Waals surface area contributed by atoms with Gasteiger partial charge in [0.2, 0.25) is 10.0 Å². The summed E-state index contributed by atoms with van der Waals surface area (Å²) in [5, 5.41) is 6.56. The molecule has 0 aliphatic rings. The first-order valence-electron chi connectivity index (χ1n) is 9.63. The highest BCUT2D eigenvalue weighted by Gasteiger charge is 2.12. The fourth-order valence-corrected chi connectivity index (χ4v) is 3.42. The lowest BCUT2D eigenvalue weighted by atomic mass is 10.2. The van der Waals surface area contributed by atoms with Crippen LogP contribution in [-0.4, -0.2) is 47.7 Å². The molecule has 0 saturated carbocycles. The van der Waals surface area contributed by atoms with Gasteiger partial charge in [-0.1, -0.05) is 38.3 Å². The number of sulfonamides is 1. The highest BCUT2D eigenvalue weighted by atomic mass is 32.2. The molecule has 0 bridgehead atoms. The molecule has 0 fully saturated rings. The Morgan fingerprint density at radius 1 is 1.04 bits per heavy atom. The Morgan fingerprint density at radius 3 is 2.41 bits per heavy atom. The van der Waals surface area contributed by atoms with Crippen LogP contribution < -0.4 is 15.4 Å². The topological polar surface area (TPSA) is 91.8 Å². The molecule has 0 unspecified atom stereocenters. The molecule has 1 aromatic rings. The van der Waals surface area contributed by atoms with Gasteiger partial charge in [-0.3, -0.25) is 0 Å². The quantitative estimate of drug-likeness (QED) is 0.269. The second-order valence-electron chi connectivity index (χ2n) is 6.22. The SMILES string of the molecule is CCCCCCNC(=NCc1ccc(S(=O)(=O)NCCOC)cc1)NCC. The third-order valence-corrected chi connectivity index (χ3v) is 5.40. The van der Waals surface area contributed by atoms with Crippen LogP contribution in [0.2, 0.25) is 0 Å². The van der Waals surface area contributed by atoms with E-state index in [0.29, 0.717) is 13.2 Å². The minimum Gasteiger partial charge on any atom is -0.383 e. The fraction of sp³-hybridized carbons (Fsp3) is 0.632. The summed E-state index contributed by atoms with van der Waals surface area (Å²) in [6.45, 7) is 7.00. The summed E-state index contributed by atoms with van der Waals surface area (Å²) in [4.78, 5) is 4.81. The zero-order valence-electron chi connectivity index (χ0n) is 16.8. The number of hydrogen-bond acceptors (Lipinski definition) is 4. The van der Waals surface area contributed by atoms with E-state index in [9.17, 15) is 8.42 Å². The molecule has 27 heavy (non-hydrogen) atoms. The van der Waals surface area contributed by atoms with Crippen LogP contribution in [-0.2, 0) is 21.3 Å². The lowest BCUT2D eigenvalue weighted by Gasteiger charge is -2.11. The molecule has 0 aromatic heterocycles. The van der Waals surface area contributed by atoms with E-state index >= 15 is 0 Å². The van der Waals surface area contributed by atoms with Gasteiger partial charge in [-0.25, -0.2) is 18.1 Å². The van der Waals surface area contributed by atoms with Gasteiger partial charge >= 0.3 is 0 Å². The van der Waals surface area contributed by atoms with Crippen molar-refractivity contribution in [3.05, 3.63) is 29.8 Å². The maximum atomic E-state index is 12.1. The molecule has 0 amide bonds. The molecule has 0 radical (unpaired) electrons. The third kappa shape index (κ3) is 9.74. The van der Waals surface area contributed by atoms with Crippen molar-refractivity contribution in [2.45, 2.75) is 51.0 Å². The predicted octanol–water partition coefficient (Wildman–Crippen LogP) is 2.25. The highest BCUT2D eigenvalue weighted by Crippen LogP contribution is 2.11. The van der Waals surface area contributed by atoms with Crippen molar-refractivity contribution in [3.8, 4) is 0 Å². The standard InChI is InChI=1S/C19H34N4O3S/c1-4-6-7-8-13-21-19(20-5-2)22-16-17-9-11-18(12-10-17)27(24,25)23-14-15-26-3/h9-12,23H,4-8,13-16H2,1-3H3,(H2,20,21,22). The molecule has 3 N–H and O–H groups in total. The first kappa shape index (κ1) is 23.4. The average molecular weight is 399 g/mol. The number of rotatable bonds is 13. The van der Waals surface area contributed by atoms with Crippen LogP contribution in [0.3, 0.4) is 0 Å². The van der Waals surface area contributed by atoms with Gasteiger partial charge < -0.3 is 15.4 Å². The zero-order chi connectivity index (χ0) is 20.0. The summed E-state index contributed by atoms with van der Waals surface area (Å²) in [5.41, 5.74) is 0.953. The maximum Gasteiger partial charge on any atom is 0.240 e. The van der Waals surface area contributed by atoms with Gasteiger partial charge in [0, 0.05) is 26.7 Å². The van der Waals surface area contributed by atoms with E-state index in [1.807, 2.05) is 6.92 Å². The first-order valence-corrected chi connectivity index (χ1v) is 11.1. The van der Waals surface area contributed by atoms with E-state index in [4.69, 9.17) is 4.74 Å². The normalized spacial score (nSPS) is 12.2. The summed E-state index contributed by atoms with van der Waals surface area (Å²) in [7, 11) is -1.97. The van der Waals surface area contributed by atoms with Gasteiger partial charge in [-0.15, -0.1) is 0 Å². The zero-order valence-corrected chi connectivity index (χ0v) is 17.6. The van der Waals surface area contributed by atoms with Gasteiger partial charge in [-0.05, 0) is 31.0 Å². The van der Waals surface area contributed by atoms with Crippen molar-refractivity contribution in [1.82, 2.24) is 15.4 Å². The largest absolute Gasteiger partial charge is 0.383 e. The number of benzene rings is 1. The second-order valence-corrected chi connectivity index (χ2v) is 7.98. The minimum absolute atomic E-state index is 0.243. The van der Waals surface area contributed by atoms with Crippen molar-refractivity contribution in [2.75, 3.05) is 33.4 Å². The minimum atomic E-state index is -3.50. The third-order valence-electron chi connectivity index (χ3n) is 3.92. The molecular formula is C19H34N4O3S.